The number of halogens is 2. The van der Waals surface area contributed by atoms with E-state index in [0.717, 1.165) is 31.7 Å². The molecule has 1 saturated heterocycles. The average Bonchev–Trinajstić information content (AvgIpc) is 2.83. The molecular weight excluding hydrogens is 493 g/mol. The third-order valence-electron chi connectivity index (χ3n) is 5.79. The number of sulfonamides is 1. The lowest BCUT2D eigenvalue weighted by Crippen LogP contribution is -2.47. The summed E-state index contributed by atoms with van der Waals surface area (Å²) in [5, 5.41) is 0.824. The molecule has 3 aromatic carbocycles. The Morgan fingerprint density at radius 1 is 0.882 bits per heavy atom. The van der Waals surface area contributed by atoms with Crippen molar-refractivity contribution in [2.75, 3.05) is 39.8 Å². The van der Waals surface area contributed by atoms with E-state index in [9.17, 15) is 8.42 Å². The summed E-state index contributed by atoms with van der Waals surface area (Å²) in [6.07, 6.45) is 0. The Bertz CT molecular complexity index is 1200. The quantitative estimate of drug-likeness (QED) is 0.451. The minimum Gasteiger partial charge on any atom is -0.457 e. The number of hydrogen-bond donors (Lipinski definition) is 1. The summed E-state index contributed by atoms with van der Waals surface area (Å²) in [6, 6.07) is 20.5. The lowest BCUT2D eigenvalue weighted by atomic mass is 10.1. The van der Waals surface area contributed by atoms with Crippen LogP contribution >= 0.6 is 23.2 Å². The highest BCUT2D eigenvalue weighted by Gasteiger charge is 2.25. The summed E-state index contributed by atoms with van der Waals surface area (Å²) in [5.74, 6) is 1.24. The van der Waals surface area contributed by atoms with E-state index in [1.165, 1.54) is 0 Å². The van der Waals surface area contributed by atoms with Gasteiger partial charge in [-0.1, -0.05) is 47.5 Å². The van der Waals surface area contributed by atoms with Crippen LogP contribution in [0.25, 0.3) is 0 Å². The predicted molar refractivity (Wildman–Crippen MR) is 136 cm³/mol. The molecule has 0 aliphatic carbocycles. The van der Waals surface area contributed by atoms with Gasteiger partial charge in [0.25, 0.3) is 0 Å². The standard InChI is InChI=1S/C25H27Cl2N3O3S/c1-29-13-15-30(16-14-29)18-25(19-7-12-23(26)24(27)17-19)28-34(31,32)22-10-8-21(9-11-22)33-20-5-3-2-4-6-20/h2-12,17,25,28H,13-16,18H2,1H3. The molecule has 1 aliphatic heterocycles. The molecule has 1 heterocycles. The Hall–Kier alpha value is -2.13. The molecule has 3 aromatic rings. The van der Waals surface area contributed by atoms with Crippen molar-refractivity contribution in [2.45, 2.75) is 10.9 Å². The number of benzene rings is 3. The maximum Gasteiger partial charge on any atom is 0.241 e. The molecule has 1 unspecified atom stereocenters. The lowest BCUT2D eigenvalue weighted by molar-refractivity contribution is 0.145. The van der Waals surface area contributed by atoms with E-state index in [1.807, 2.05) is 36.4 Å². The average molecular weight is 520 g/mol. The van der Waals surface area contributed by atoms with E-state index in [2.05, 4.69) is 21.6 Å². The highest BCUT2D eigenvalue weighted by atomic mass is 35.5. The Morgan fingerprint density at radius 2 is 1.53 bits per heavy atom. The van der Waals surface area contributed by atoms with Gasteiger partial charge in [-0.25, -0.2) is 13.1 Å². The number of piperazine rings is 1. The van der Waals surface area contributed by atoms with Gasteiger partial charge in [0.1, 0.15) is 11.5 Å². The smallest absolute Gasteiger partial charge is 0.241 e. The van der Waals surface area contributed by atoms with Crippen LogP contribution in [0.15, 0.2) is 77.7 Å². The van der Waals surface area contributed by atoms with Gasteiger partial charge in [-0.2, -0.15) is 0 Å². The van der Waals surface area contributed by atoms with Gasteiger partial charge < -0.3 is 9.64 Å². The van der Waals surface area contributed by atoms with Crippen molar-refractivity contribution in [3.8, 4) is 11.5 Å². The molecule has 9 heteroatoms. The molecule has 0 amide bonds. The zero-order valence-corrected chi connectivity index (χ0v) is 21.2. The van der Waals surface area contributed by atoms with E-state index in [1.54, 1.807) is 36.4 Å². The fraction of sp³-hybridized carbons (Fsp3) is 0.280. The van der Waals surface area contributed by atoms with E-state index < -0.39 is 16.1 Å². The molecule has 0 bridgehead atoms. The molecule has 0 radical (unpaired) electrons. The molecule has 6 nitrogen and oxygen atoms in total. The molecule has 180 valence electrons. The van der Waals surface area contributed by atoms with Crippen LogP contribution in [0.1, 0.15) is 11.6 Å². The summed E-state index contributed by atoms with van der Waals surface area (Å²) >= 11 is 12.3. The number of likely N-dealkylation sites (N-methyl/N-ethyl adjacent to an activating group) is 1. The normalized spacial score (nSPS) is 16.3. The van der Waals surface area contributed by atoms with Gasteiger partial charge in [0.15, 0.2) is 0 Å². The number of para-hydroxylation sites is 1. The third-order valence-corrected chi connectivity index (χ3v) is 8.02. The summed E-state index contributed by atoms with van der Waals surface area (Å²) < 4.78 is 35.2. The van der Waals surface area contributed by atoms with Crippen molar-refractivity contribution < 1.29 is 13.2 Å². The zero-order valence-electron chi connectivity index (χ0n) is 18.8. The first-order valence-corrected chi connectivity index (χ1v) is 13.3. The second kappa shape index (κ2) is 11.1. The number of ether oxygens (including phenoxy) is 1. The third kappa shape index (κ3) is 6.50. The molecule has 0 spiro atoms. The fourth-order valence-corrected chi connectivity index (χ4v) is 5.32. The summed E-state index contributed by atoms with van der Waals surface area (Å²) in [5.41, 5.74) is 0.765. The number of hydrogen-bond acceptors (Lipinski definition) is 5. The van der Waals surface area contributed by atoms with Crippen LogP contribution in [-0.4, -0.2) is 58.0 Å². The zero-order chi connectivity index (χ0) is 24.1. The van der Waals surface area contributed by atoms with Crippen molar-refractivity contribution in [3.63, 3.8) is 0 Å². The maximum absolute atomic E-state index is 13.3. The maximum atomic E-state index is 13.3. The van der Waals surface area contributed by atoms with Crippen LogP contribution in [0, 0.1) is 0 Å². The van der Waals surface area contributed by atoms with E-state index in [0.29, 0.717) is 28.1 Å². The second-order valence-electron chi connectivity index (χ2n) is 8.34. The van der Waals surface area contributed by atoms with Crippen LogP contribution in [-0.2, 0) is 10.0 Å². The Morgan fingerprint density at radius 3 is 2.18 bits per heavy atom. The summed E-state index contributed by atoms with van der Waals surface area (Å²) in [7, 11) is -1.72. The first-order chi connectivity index (χ1) is 16.3. The molecule has 34 heavy (non-hydrogen) atoms. The molecule has 1 N–H and O–H groups in total. The van der Waals surface area contributed by atoms with Gasteiger partial charge in [-0.3, -0.25) is 4.90 Å². The Kier molecular flexibility index (Phi) is 8.14. The van der Waals surface area contributed by atoms with Gasteiger partial charge in [0, 0.05) is 32.7 Å². The van der Waals surface area contributed by atoms with Crippen LogP contribution in [0.4, 0.5) is 0 Å². The first kappa shape index (κ1) is 25.0. The van der Waals surface area contributed by atoms with Crippen molar-refractivity contribution >= 4 is 33.2 Å². The lowest BCUT2D eigenvalue weighted by Gasteiger charge is -2.35. The topological polar surface area (TPSA) is 61.9 Å². The molecular formula is C25H27Cl2N3O3S. The number of rotatable bonds is 8. The van der Waals surface area contributed by atoms with E-state index >= 15 is 0 Å². The van der Waals surface area contributed by atoms with E-state index in [4.69, 9.17) is 27.9 Å². The van der Waals surface area contributed by atoms with Gasteiger partial charge in [-0.15, -0.1) is 0 Å². The van der Waals surface area contributed by atoms with Gasteiger partial charge >= 0.3 is 0 Å². The first-order valence-electron chi connectivity index (χ1n) is 11.0. The van der Waals surface area contributed by atoms with E-state index in [-0.39, 0.29) is 4.90 Å². The number of nitrogens with zero attached hydrogens (tertiary/aromatic N) is 2. The molecule has 4 rings (SSSR count). The summed E-state index contributed by atoms with van der Waals surface area (Å²) in [6.45, 7) is 4.12. The minimum absolute atomic E-state index is 0.163. The van der Waals surface area contributed by atoms with Crippen molar-refractivity contribution in [1.82, 2.24) is 14.5 Å². The molecule has 1 fully saturated rings. The number of nitrogens with one attached hydrogen (secondary N) is 1. The molecule has 1 atom stereocenters. The van der Waals surface area contributed by atoms with Crippen LogP contribution in [0.2, 0.25) is 10.0 Å². The monoisotopic (exact) mass is 519 g/mol. The Labute approximate surface area is 211 Å². The minimum atomic E-state index is -3.80. The molecule has 0 aromatic heterocycles. The van der Waals surface area contributed by atoms with Crippen molar-refractivity contribution in [2.24, 2.45) is 0 Å². The van der Waals surface area contributed by atoms with Gasteiger partial charge in [-0.05, 0) is 61.1 Å². The van der Waals surface area contributed by atoms with Crippen molar-refractivity contribution in [3.05, 3.63) is 88.4 Å². The van der Waals surface area contributed by atoms with Gasteiger partial charge in [0.05, 0.1) is 21.0 Å². The van der Waals surface area contributed by atoms with Crippen LogP contribution < -0.4 is 9.46 Å². The molecule has 1 aliphatic rings. The highest BCUT2D eigenvalue weighted by Crippen LogP contribution is 2.28. The highest BCUT2D eigenvalue weighted by molar-refractivity contribution is 7.89. The van der Waals surface area contributed by atoms with Crippen LogP contribution in [0.3, 0.4) is 0 Å². The largest absolute Gasteiger partial charge is 0.457 e. The van der Waals surface area contributed by atoms with Gasteiger partial charge in [0.2, 0.25) is 10.0 Å². The summed E-state index contributed by atoms with van der Waals surface area (Å²) in [4.78, 5) is 4.68. The van der Waals surface area contributed by atoms with Crippen molar-refractivity contribution in [1.29, 1.82) is 0 Å². The van der Waals surface area contributed by atoms with Crippen LogP contribution in [0.5, 0.6) is 11.5 Å². The Balaban J connectivity index is 1.53. The SMILES string of the molecule is CN1CCN(CC(NS(=O)(=O)c2ccc(Oc3ccccc3)cc2)c2ccc(Cl)c(Cl)c2)CC1. The fourth-order valence-electron chi connectivity index (χ4n) is 3.80. The molecule has 0 saturated carbocycles. The second-order valence-corrected chi connectivity index (χ2v) is 10.9. The predicted octanol–water partition coefficient (Wildman–Crippen LogP) is 5.05.